The number of amides is 1. The van der Waals surface area contributed by atoms with E-state index < -0.39 is 11.4 Å². The van der Waals surface area contributed by atoms with Crippen LogP contribution in [-0.4, -0.2) is 53.9 Å². The minimum atomic E-state index is -0.544. The first-order valence-electron chi connectivity index (χ1n) is 10.6. The van der Waals surface area contributed by atoms with E-state index in [-0.39, 0.29) is 18.7 Å². The van der Waals surface area contributed by atoms with E-state index in [1.165, 1.54) is 6.07 Å². The lowest BCUT2D eigenvalue weighted by Gasteiger charge is -2.41. The molecule has 32 heavy (non-hydrogen) atoms. The molecular formula is C23H27ClFN3O4. The van der Waals surface area contributed by atoms with Crippen molar-refractivity contribution in [2.45, 2.75) is 45.6 Å². The molecular weight excluding hydrogens is 437 g/mol. The second kappa shape index (κ2) is 9.11. The van der Waals surface area contributed by atoms with E-state index in [4.69, 9.17) is 25.8 Å². The van der Waals surface area contributed by atoms with Gasteiger partial charge in [0.25, 0.3) is 0 Å². The van der Waals surface area contributed by atoms with Gasteiger partial charge < -0.3 is 24.0 Å². The normalized spacial score (nSPS) is 18.5. The first-order chi connectivity index (χ1) is 15.2. The molecule has 1 amide bonds. The lowest BCUT2D eigenvalue weighted by Crippen LogP contribution is -2.57. The summed E-state index contributed by atoms with van der Waals surface area (Å²) in [5.74, 6) is 0.748. The summed E-state index contributed by atoms with van der Waals surface area (Å²) < 4.78 is 31.2. The lowest BCUT2D eigenvalue weighted by molar-refractivity contribution is 0.0172. The van der Waals surface area contributed by atoms with Gasteiger partial charge in [0.15, 0.2) is 0 Å². The van der Waals surface area contributed by atoms with Crippen LogP contribution >= 0.6 is 11.6 Å². The summed E-state index contributed by atoms with van der Waals surface area (Å²) in [6.45, 7) is 8.11. The number of nitrogens with zero attached hydrogens (tertiary/aromatic N) is 3. The number of rotatable bonds is 3. The Hall–Kier alpha value is -2.58. The second-order valence-corrected chi connectivity index (χ2v) is 9.38. The molecule has 2 aliphatic rings. The number of pyridine rings is 1. The van der Waals surface area contributed by atoms with Crippen LogP contribution in [0, 0.1) is 5.82 Å². The fourth-order valence-electron chi connectivity index (χ4n) is 3.77. The summed E-state index contributed by atoms with van der Waals surface area (Å²) in [6, 6.07) is 8.11. The third-order valence-corrected chi connectivity index (χ3v) is 5.53. The summed E-state index contributed by atoms with van der Waals surface area (Å²) in [6.07, 6.45) is -0.323. The fraction of sp³-hybridized carbons (Fsp3) is 0.478. The van der Waals surface area contributed by atoms with Gasteiger partial charge in [-0.2, -0.15) is 4.98 Å². The highest BCUT2D eigenvalue weighted by atomic mass is 35.5. The number of carbonyl (C=O) groups excluding carboxylic acids is 1. The minimum absolute atomic E-state index is 0.0428. The number of halogens is 2. The zero-order valence-electron chi connectivity index (χ0n) is 18.4. The van der Waals surface area contributed by atoms with Gasteiger partial charge in [0.1, 0.15) is 23.8 Å². The number of piperazine rings is 1. The molecule has 0 aliphatic carbocycles. The number of benzene rings is 1. The SMILES string of the molecule is CC(C)(C)OC(=O)N1CCN2c3nc(OCc4ccc(Cl)cc4F)ccc3COC[C@@H]2C1. The van der Waals surface area contributed by atoms with Crippen LogP contribution in [0.25, 0.3) is 0 Å². The molecule has 9 heteroatoms. The summed E-state index contributed by atoms with van der Waals surface area (Å²) >= 11 is 5.81. The molecule has 0 radical (unpaired) electrons. The average molecular weight is 464 g/mol. The zero-order chi connectivity index (χ0) is 22.9. The Morgan fingerprint density at radius 3 is 2.84 bits per heavy atom. The third-order valence-electron chi connectivity index (χ3n) is 5.30. The van der Waals surface area contributed by atoms with Crippen LogP contribution in [0.15, 0.2) is 30.3 Å². The highest BCUT2D eigenvalue weighted by molar-refractivity contribution is 6.30. The summed E-state index contributed by atoms with van der Waals surface area (Å²) in [4.78, 5) is 21.1. The average Bonchev–Trinajstić information content (AvgIpc) is 2.90. The second-order valence-electron chi connectivity index (χ2n) is 8.95. The van der Waals surface area contributed by atoms with E-state index in [0.29, 0.717) is 49.3 Å². The fourth-order valence-corrected chi connectivity index (χ4v) is 3.92. The van der Waals surface area contributed by atoms with Crippen molar-refractivity contribution in [3.05, 3.63) is 52.3 Å². The zero-order valence-corrected chi connectivity index (χ0v) is 19.2. The molecule has 1 aromatic carbocycles. The molecule has 1 atom stereocenters. The van der Waals surface area contributed by atoms with Crippen LogP contribution in [0.1, 0.15) is 31.9 Å². The standard InChI is InChI=1S/C23H27ClFN3O4/c1-23(2,3)32-22(29)27-8-9-28-18(11-27)14-30-12-16-5-7-20(26-21(16)28)31-13-15-4-6-17(24)10-19(15)25/h4-7,10,18H,8-9,11-14H2,1-3H3/t18-/m0/s1. The molecule has 0 bridgehead atoms. The molecule has 1 aromatic heterocycles. The Balaban J connectivity index is 1.48. The van der Waals surface area contributed by atoms with Crippen molar-refractivity contribution in [3.63, 3.8) is 0 Å². The monoisotopic (exact) mass is 463 g/mol. The largest absolute Gasteiger partial charge is 0.473 e. The number of hydrogen-bond acceptors (Lipinski definition) is 6. The van der Waals surface area contributed by atoms with Crippen molar-refractivity contribution in [3.8, 4) is 5.88 Å². The van der Waals surface area contributed by atoms with Gasteiger partial charge in [-0.05, 0) is 39.0 Å². The van der Waals surface area contributed by atoms with E-state index in [2.05, 4.69) is 9.88 Å². The Kier molecular flexibility index (Phi) is 6.44. The molecule has 0 unspecified atom stereocenters. The number of fused-ring (bicyclic) bond motifs is 3. The highest BCUT2D eigenvalue weighted by Gasteiger charge is 2.35. The third kappa shape index (κ3) is 5.24. The first-order valence-corrected chi connectivity index (χ1v) is 11.0. The van der Waals surface area contributed by atoms with E-state index in [9.17, 15) is 9.18 Å². The smallest absolute Gasteiger partial charge is 0.410 e. The van der Waals surface area contributed by atoms with Gasteiger partial charge >= 0.3 is 6.09 Å². The summed E-state index contributed by atoms with van der Waals surface area (Å²) in [5, 5.41) is 0.339. The summed E-state index contributed by atoms with van der Waals surface area (Å²) in [5.41, 5.74) is 0.805. The molecule has 0 spiro atoms. The molecule has 1 saturated heterocycles. The molecule has 7 nitrogen and oxygen atoms in total. The van der Waals surface area contributed by atoms with Crippen molar-refractivity contribution >= 4 is 23.5 Å². The molecule has 2 aliphatic heterocycles. The van der Waals surface area contributed by atoms with Gasteiger partial charge in [0.05, 0.1) is 19.3 Å². The molecule has 4 rings (SSSR count). The number of ether oxygens (including phenoxy) is 3. The van der Waals surface area contributed by atoms with Crippen LogP contribution in [0.4, 0.5) is 15.0 Å². The van der Waals surface area contributed by atoms with Gasteiger partial charge in [0, 0.05) is 41.9 Å². The molecule has 0 saturated carbocycles. The predicted molar refractivity (Wildman–Crippen MR) is 119 cm³/mol. The molecule has 2 aromatic rings. The quantitative estimate of drug-likeness (QED) is 0.672. The maximum atomic E-state index is 14.1. The van der Waals surface area contributed by atoms with Crippen molar-refractivity contribution in [1.29, 1.82) is 0 Å². The van der Waals surface area contributed by atoms with Gasteiger partial charge in [-0.3, -0.25) is 0 Å². The summed E-state index contributed by atoms with van der Waals surface area (Å²) in [7, 11) is 0. The molecule has 1 fully saturated rings. The van der Waals surface area contributed by atoms with Crippen LogP contribution in [0.2, 0.25) is 5.02 Å². The first kappa shape index (κ1) is 22.6. The topological polar surface area (TPSA) is 64.1 Å². The molecule has 172 valence electrons. The molecule has 3 heterocycles. The Morgan fingerprint density at radius 1 is 1.28 bits per heavy atom. The maximum Gasteiger partial charge on any atom is 0.410 e. The molecule has 0 N–H and O–H groups in total. The lowest BCUT2D eigenvalue weighted by atomic mass is 10.1. The Morgan fingerprint density at radius 2 is 2.09 bits per heavy atom. The van der Waals surface area contributed by atoms with E-state index in [1.54, 1.807) is 23.1 Å². The van der Waals surface area contributed by atoms with Crippen LogP contribution in [0.5, 0.6) is 5.88 Å². The van der Waals surface area contributed by atoms with Crippen LogP contribution in [0.3, 0.4) is 0 Å². The van der Waals surface area contributed by atoms with E-state index in [1.807, 2.05) is 26.8 Å². The number of aromatic nitrogens is 1. The van der Waals surface area contributed by atoms with Crippen LogP contribution < -0.4 is 9.64 Å². The Bertz CT molecular complexity index is 998. The van der Waals surface area contributed by atoms with E-state index >= 15 is 0 Å². The van der Waals surface area contributed by atoms with Gasteiger partial charge in [-0.25, -0.2) is 9.18 Å². The number of carbonyl (C=O) groups is 1. The van der Waals surface area contributed by atoms with Crippen LogP contribution in [-0.2, 0) is 22.7 Å². The van der Waals surface area contributed by atoms with Gasteiger partial charge in [-0.15, -0.1) is 0 Å². The number of anilines is 1. The van der Waals surface area contributed by atoms with Gasteiger partial charge in [-0.1, -0.05) is 17.7 Å². The number of hydrogen-bond donors (Lipinski definition) is 0. The Labute approximate surface area is 192 Å². The van der Waals surface area contributed by atoms with Crippen molar-refractivity contribution in [2.75, 3.05) is 31.1 Å². The highest BCUT2D eigenvalue weighted by Crippen LogP contribution is 2.30. The van der Waals surface area contributed by atoms with Crippen molar-refractivity contribution in [2.24, 2.45) is 0 Å². The van der Waals surface area contributed by atoms with Crippen molar-refractivity contribution < 1.29 is 23.4 Å². The minimum Gasteiger partial charge on any atom is -0.473 e. The maximum absolute atomic E-state index is 14.1. The van der Waals surface area contributed by atoms with E-state index in [0.717, 1.165) is 11.4 Å². The predicted octanol–water partition coefficient (Wildman–Crippen LogP) is 4.41. The van der Waals surface area contributed by atoms with Gasteiger partial charge in [0.2, 0.25) is 5.88 Å². The van der Waals surface area contributed by atoms with Crippen molar-refractivity contribution in [1.82, 2.24) is 9.88 Å².